The Balaban J connectivity index is 2.61. The molecule has 82 valence electrons. The molecule has 15 heavy (non-hydrogen) atoms. The lowest BCUT2D eigenvalue weighted by Gasteiger charge is -2.10. The molecule has 0 bridgehead atoms. The number of hydrogen-bond acceptors (Lipinski definition) is 4. The second kappa shape index (κ2) is 5.31. The average molecular weight is 209 g/mol. The maximum atomic E-state index is 11.5. The lowest BCUT2D eigenvalue weighted by Crippen LogP contribution is -2.35. The number of nitrogens with one attached hydrogen (secondary N) is 2. The van der Waals surface area contributed by atoms with E-state index in [1.54, 1.807) is 39.4 Å². The van der Waals surface area contributed by atoms with Gasteiger partial charge in [-0.3, -0.25) is 4.79 Å². The van der Waals surface area contributed by atoms with Crippen LogP contribution in [-0.4, -0.2) is 31.1 Å². The number of hydrogen-bond donors (Lipinski definition) is 2. The van der Waals surface area contributed by atoms with Crippen molar-refractivity contribution in [1.29, 1.82) is 0 Å². The average Bonchev–Trinajstić information content (AvgIpc) is 2.29. The molecule has 5 heteroatoms. The molecule has 0 aromatic carbocycles. The van der Waals surface area contributed by atoms with Crippen molar-refractivity contribution in [3.63, 3.8) is 0 Å². The minimum absolute atomic E-state index is 0.0931. The summed E-state index contributed by atoms with van der Waals surface area (Å²) in [5, 5.41) is 5.57. The van der Waals surface area contributed by atoms with Crippen LogP contribution >= 0.6 is 0 Å². The number of aromatic nitrogens is 1. The van der Waals surface area contributed by atoms with Gasteiger partial charge in [0.15, 0.2) is 0 Å². The van der Waals surface area contributed by atoms with Crippen molar-refractivity contribution in [2.24, 2.45) is 0 Å². The molecule has 1 aromatic heterocycles. The summed E-state index contributed by atoms with van der Waals surface area (Å²) in [6, 6.07) is 3.21. The van der Waals surface area contributed by atoms with Gasteiger partial charge in [0.1, 0.15) is 0 Å². The molecule has 1 heterocycles. The Kier molecular flexibility index (Phi) is 4.05. The number of methoxy groups -OCH3 is 1. The first-order valence-corrected chi connectivity index (χ1v) is 4.65. The number of rotatable bonds is 4. The molecule has 2 N–H and O–H groups in total. The van der Waals surface area contributed by atoms with E-state index in [0.29, 0.717) is 11.6 Å². The third-order valence-electron chi connectivity index (χ3n) is 2.04. The van der Waals surface area contributed by atoms with Crippen molar-refractivity contribution in [1.82, 2.24) is 10.3 Å². The molecule has 1 amide bonds. The molecule has 0 saturated carbocycles. The highest BCUT2D eigenvalue weighted by atomic mass is 16.5. The van der Waals surface area contributed by atoms with Crippen molar-refractivity contribution < 1.29 is 9.53 Å². The first-order valence-electron chi connectivity index (χ1n) is 4.65. The van der Waals surface area contributed by atoms with Crippen molar-refractivity contribution >= 4 is 11.6 Å². The standard InChI is InChI=1S/C10H15N3O2/c1-7(11-2)10(14)13-8-4-5-9(15-3)12-6-8/h4-7,11H,1-3H3,(H,13,14). The molecular formula is C10H15N3O2. The predicted molar refractivity (Wildman–Crippen MR) is 57.9 cm³/mol. The minimum atomic E-state index is -0.230. The lowest BCUT2D eigenvalue weighted by molar-refractivity contribution is -0.117. The molecule has 1 aromatic rings. The van der Waals surface area contributed by atoms with E-state index in [4.69, 9.17) is 4.74 Å². The zero-order valence-corrected chi connectivity index (χ0v) is 9.07. The number of carbonyl (C=O) groups excluding carboxylic acids is 1. The van der Waals surface area contributed by atoms with Gasteiger partial charge in [0.25, 0.3) is 0 Å². The van der Waals surface area contributed by atoms with Gasteiger partial charge in [-0.1, -0.05) is 0 Å². The number of nitrogens with zero attached hydrogens (tertiary/aromatic N) is 1. The first kappa shape index (κ1) is 11.5. The summed E-state index contributed by atoms with van der Waals surface area (Å²) in [6.45, 7) is 1.78. The summed E-state index contributed by atoms with van der Waals surface area (Å²) < 4.78 is 4.91. The first-order chi connectivity index (χ1) is 7.17. The fourth-order valence-corrected chi connectivity index (χ4v) is 0.957. The number of pyridine rings is 1. The number of ether oxygens (including phenoxy) is 1. The molecule has 0 radical (unpaired) electrons. The summed E-state index contributed by atoms with van der Waals surface area (Å²) in [6.07, 6.45) is 1.55. The Morgan fingerprint density at radius 2 is 2.27 bits per heavy atom. The van der Waals surface area contributed by atoms with E-state index in [9.17, 15) is 4.79 Å². The fourth-order valence-electron chi connectivity index (χ4n) is 0.957. The van der Waals surface area contributed by atoms with Crippen LogP contribution in [0.1, 0.15) is 6.92 Å². The number of amides is 1. The summed E-state index contributed by atoms with van der Waals surface area (Å²) in [5.74, 6) is 0.430. The Morgan fingerprint density at radius 3 is 2.73 bits per heavy atom. The number of carbonyl (C=O) groups is 1. The molecular weight excluding hydrogens is 194 g/mol. The molecule has 1 unspecified atom stereocenters. The maximum absolute atomic E-state index is 11.5. The fraction of sp³-hybridized carbons (Fsp3) is 0.400. The molecule has 1 rings (SSSR count). The Hall–Kier alpha value is -1.62. The number of anilines is 1. The molecule has 0 aliphatic carbocycles. The van der Waals surface area contributed by atoms with Crippen LogP contribution < -0.4 is 15.4 Å². The largest absolute Gasteiger partial charge is 0.481 e. The van der Waals surface area contributed by atoms with Gasteiger partial charge < -0.3 is 15.4 Å². The van der Waals surface area contributed by atoms with Gasteiger partial charge in [-0.05, 0) is 20.0 Å². The molecule has 0 aliphatic heterocycles. The van der Waals surface area contributed by atoms with Gasteiger partial charge in [0, 0.05) is 6.07 Å². The van der Waals surface area contributed by atoms with Gasteiger partial charge in [0.05, 0.1) is 25.0 Å². The van der Waals surface area contributed by atoms with Crippen LogP contribution in [0.25, 0.3) is 0 Å². The van der Waals surface area contributed by atoms with Crippen molar-refractivity contribution in [2.75, 3.05) is 19.5 Å². The van der Waals surface area contributed by atoms with Gasteiger partial charge >= 0.3 is 0 Å². The van der Waals surface area contributed by atoms with Crippen LogP contribution in [-0.2, 0) is 4.79 Å². The van der Waals surface area contributed by atoms with Crippen LogP contribution in [0.2, 0.25) is 0 Å². The molecule has 0 saturated heterocycles. The Morgan fingerprint density at radius 1 is 1.53 bits per heavy atom. The predicted octanol–water partition coefficient (Wildman–Crippen LogP) is 0.637. The van der Waals surface area contributed by atoms with Crippen molar-refractivity contribution in [2.45, 2.75) is 13.0 Å². The number of likely N-dealkylation sites (N-methyl/N-ethyl adjacent to an activating group) is 1. The van der Waals surface area contributed by atoms with Gasteiger partial charge in [-0.25, -0.2) is 4.98 Å². The quantitative estimate of drug-likeness (QED) is 0.763. The highest BCUT2D eigenvalue weighted by Crippen LogP contribution is 2.10. The minimum Gasteiger partial charge on any atom is -0.481 e. The van der Waals surface area contributed by atoms with E-state index in [2.05, 4.69) is 15.6 Å². The molecule has 0 aliphatic rings. The summed E-state index contributed by atoms with van der Waals surface area (Å²) in [5.41, 5.74) is 0.655. The lowest BCUT2D eigenvalue weighted by atomic mass is 10.3. The summed E-state index contributed by atoms with van der Waals surface area (Å²) in [4.78, 5) is 15.4. The zero-order valence-electron chi connectivity index (χ0n) is 9.07. The second-order valence-corrected chi connectivity index (χ2v) is 3.09. The van der Waals surface area contributed by atoms with E-state index in [0.717, 1.165) is 0 Å². The smallest absolute Gasteiger partial charge is 0.241 e. The van der Waals surface area contributed by atoms with Crippen LogP contribution in [0, 0.1) is 0 Å². The van der Waals surface area contributed by atoms with Crippen LogP contribution in [0.15, 0.2) is 18.3 Å². The highest BCUT2D eigenvalue weighted by Gasteiger charge is 2.09. The van der Waals surface area contributed by atoms with Crippen LogP contribution in [0.4, 0.5) is 5.69 Å². The summed E-state index contributed by atoms with van der Waals surface area (Å²) >= 11 is 0. The van der Waals surface area contributed by atoms with Crippen molar-refractivity contribution in [3.8, 4) is 5.88 Å². The van der Waals surface area contributed by atoms with Gasteiger partial charge in [-0.15, -0.1) is 0 Å². The van der Waals surface area contributed by atoms with Crippen LogP contribution in [0.5, 0.6) is 5.88 Å². The topological polar surface area (TPSA) is 63.2 Å². The van der Waals surface area contributed by atoms with E-state index in [1.807, 2.05) is 0 Å². The molecule has 0 spiro atoms. The van der Waals surface area contributed by atoms with E-state index in [-0.39, 0.29) is 11.9 Å². The van der Waals surface area contributed by atoms with Crippen molar-refractivity contribution in [3.05, 3.63) is 18.3 Å². The molecule has 1 atom stereocenters. The van der Waals surface area contributed by atoms with E-state index in [1.165, 1.54) is 0 Å². The zero-order chi connectivity index (χ0) is 11.3. The van der Waals surface area contributed by atoms with E-state index < -0.39 is 0 Å². The summed E-state index contributed by atoms with van der Waals surface area (Å²) in [7, 11) is 3.28. The van der Waals surface area contributed by atoms with Gasteiger partial charge in [0.2, 0.25) is 11.8 Å². The second-order valence-electron chi connectivity index (χ2n) is 3.09. The SMILES string of the molecule is CNC(C)C(=O)Nc1ccc(OC)nc1. The van der Waals surface area contributed by atoms with E-state index >= 15 is 0 Å². The Bertz CT molecular complexity index is 324. The molecule has 5 nitrogen and oxygen atoms in total. The third-order valence-corrected chi connectivity index (χ3v) is 2.04. The van der Waals surface area contributed by atoms with Crippen LogP contribution in [0.3, 0.4) is 0 Å². The maximum Gasteiger partial charge on any atom is 0.241 e. The van der Waals surface area contributed by atoms with Gasteiger partial charge in [-0.2, -0.15) is 0 Å². The monoisotopic (exact) mass is 209 g/mol. The normalized spacial score (nSPS) is 11.9. The molecule has 0 fully saturated rings. The highest BCUT2D eigenvalue weighted by molar-refractivity contribution is 5.94. The third kappa shape index (κ3) is 3.21. The Labute approximate surface area is 88.9 Å².